The zero-order chi connectivity index (χ0) is 24.6. The van der Waals surface area contributed by atoms with Crippen molar-refractivity contribution in [3.8, 4) is 5.75 Å². The van der Waals surface area contributed by atoms with Gasteiger partial charge in [0.25, 0.3) is 5.56 Å². The van der Waals surface area contributed by atoms with Crippen LogP contribution >= 0.6 is 0 Å². The molecule has 0 radical (unpaired) electrons. The zero-order valence-electron chi connectivity index (χ0n) is 19.8. The number of fused-ring (bicyclic) bond motifs is 4. The van der Waals surface area contributed by atoms with Crippen LogP contribution in [0.15, 0.2) is 81.2 Å². The number of nitrogens with zero attached hydrogens (tertiary/aromatic N) is 6. The molecule has 9 heteroatoms. The van der Waals surface area contributed by atoms with Crippen LogP contribution in [0.2, 0.25) is 0 Å². The fourth-order valence-electron chi connectivity index (χ4n) is 4.30. The Labute approximate surface area is 205 Å². The van der Waals surface area contributed by atoms with Crippen LogP contribution in [0.4, 0.5) is 0 Å². The first kappa shape index (κ1) is 21.7. The quantitative estimate of drug-likeness (QED) is 0.330. The van der Waals surface area contributed by atoms with E-state index in [4.69, 9.17) is 24.1 Å². The largest absolute Gasteiger partial charge is 0.497 e. The summed E-state index contributed by atoms with van der Waals surface area (Å²) in [7, 11) is 1.64. The monoisotopic (exact) mass is 478 g/mol. The molecule has 6 rings (SSSR count). The normalized spacial score (nSPS) is 11.8. The van der Waals surface area contributed by atoms with E-state index < -0.39 is 0 Å². The van der Waals surface area contributed by atoms with Gasteiger partial charge in [-0.3, -0.25) is 9.36 Å². The van der Waals surface area contributed by atoms with Crippen molar-refractivity contribution in [1.29, 1.82) is 0 Å². The van der Waals surface area contributed by atoms with Gasteiger partial charge in [0.05, 0.1) is 30.6 Å². The second kappa shape index (κ2) is 8.77. The molecule has 0 aliphatic rings. The van der Waals surface area contributed by atoms with Gasteiger partial charge in [-0.2, -0.15) is 9.78 Å². The summed E-state index contributed by atoms with van der Waals surface area (Å²) in [5, 5.41) is 4.96. The molecule has 9 nitrogen and oxygen atoms in total. The molecule has 0 saturated heterocycles. The second-order valence-corrected chi connectivity index (χ2v) is 8.37. The van der Waals surface area contributed by atoms with Crippen LogP contribution in [0.3, 0.4) is 0 Å². The molecule has 0 bridgehead atoms. The van der Waals surface area contributed by atoms with Crippen molar-refractivity contribution < 1.29 is 9.15 Å². The van der Waals surface area contributed by atoms with Crippen molar-refractivity contribution >= 4 is 39.4 Å². The SMILES string of the molecule is COc1ccc(CCn2c(C)nc3c(c2=O)c2nc4ccccc4nc2n3N=Cc2ccco2)cc1. The molecule has 0 fully saturated rings. The van der Waals surface area contributed by atoms with E-state index in [-0.39, 0.29) is 5.56 Å². The lowest BCUT2D eigenvalue weighted by molar-refractivity contribution is 0.414. The molecule has 6 aromatic rings. The van der Waals surface area contributed by atoms with Crippen LogP contribution < -0.4 is 10.3 Å². The molecule has 0 aliphatic heterocycles. The number of furan rings is 1. The zero-order valence-corrected chi connectivity index (χ0v) is 19.8. The number of rotatable bonds is 6. The molecular formula is C27H22N6O3. The van der Waals surface area contributed by atoms with Crippen LogP contribution in [-0.2, 0) is 13.0 Å². The highest BCUT2D eigenvalue weighted by Crippen LogP contribution is 2.25. The van der Waals surface area contributed by atoms with Crippen LogP contribution in [0.25, 0.3) is 33.2 Å². The predicted molar refractivity (Wildman–Crippen MR) is 138 cm³/mol. The first-order valence-corrected chi connectivity index (χ1v) is 11.5. The molecule has 0 spiro atoms. The molecule has 0 unspecified atom stereocenters. The third kappa shape index (κ3) is 3.70. The number of benzene rings is 2. The van der Waals surface area contributed by atoms with E-state index in [1.807, 2.05) is 55.5 Å². The summed E-state index contributed by atoms with van der Waals surface area (Å²) in [6, 6.07) is 19.0. The van der Waals surface area contributed by atoms with E-state index in [1.54, 1.807) is 41.0 Å². The number of para-hydroxylation sites is 2. The first-order chi connectivity index (χ1) is 17.6. The maximum atomic E-state index is 13.8. The Morgan fingerprint density at radius 2 is 1.75 bits per heavy atom. The summed E-state index contributed by atoms with van der Waals surface area (Å²) in [5.41, 5.74) is 3.67. The number of methoxy groups -OCH3 is 1. The summed E-state index contributed by atoms with van der Waals surface area (Å²) in [6.07, 6.45) is 3.81. The van der Waals surface area contributed by atoms with Gasteiger partial charge in [0.15, 0.2) is 11.3 Å². The lowest BCUT2D eigenvalue weighted by atomic mass is 10.1. The third-order valence-electron chi connectivity index (χ3n) is 6.16. The molecule has 0 saturated carbocycles. The Hall–Kier alpha value is -4.79. The summed E-state index contributed by atoms with van der Waals surface area (Å²) < 4.78 is 13.9. The average molecular weight is 479 g/mol. The maximum Gasteiger partial charge on any atom is 0.265 e. The van der Waals surface area contributed by atoms with Crippen molar-refractivity contribution in [1.82, 2.24) is 24.2 Å². The van der Waals surface area contributed by atoms with E-state index in [2.05, 4.69) is 5.10 Å². The van der Waals surface area contributed by atoms with E-state index in [1.165, 1.54) is 0 Å². The topological polar surface area (TPSA) is 100 Å². The standard InChI is InChI=1S/C27H22N6O3/c1-17-29-25-23(27(34)32(17)14-13-18-9-11-19(35-2)12-10-18)24-26(31-22-8-4-3-7-21(22)30-24)33(25)28-16-20-6-5-15-36-20/h3-12,15-16H,13-14H2,1-2H3. The Morgan fingerprint density at radius 1 is 0.972 bits per heavy atom. The number of aromatic nitrogens is 5. The maximum absolute atomic E-state index is 13.8. The minimum atomic E-state index is -0.174. The Balaban J connectivity index is 1.53. The van der Waals surface area contributed by atoms with Gasteiger partial charge in [0.1, 0.15) is 28.2 Å². The fraction of sp³-hybridized carbons (Fsp3) is 0.148. The van der Waals surface area contributed by atoms with Crippen molar-refractivity contribution in [2.24, 2.45) is 5.10 Å². The molecule has 178 valence electrons. The minimum Gasteiger partial charge on any atom is -0.497 e. The summed E-state index contributed by atoms with van der Waals surface area (Å²) >= 11 is 0. The molecular weight excluding hydrogens is 456 g/mol. The Kier molecular flexibility index (Phi) is 5.29. The van der Waals surface area contributed by atoms with Gasteiger partial charge in [-0.15, -0.1) is 0 Å². The van der Waals surface area contributed by atoms with Gasteiger partial charge < -0.3 is 9.15 Å². The summed E-state index contributed by atoms with van der Waals surface area (Å²) in [6.45, 7) is 2.30. The first-order valence-electron chi connectivity index (χ1n) is 11.5. The molecule has 4 aromatic heterocycles. The Bertz CT molecular complexity index is 1800. The molecule has 0 aliphatic carbocycles. The predicted octanol–water partition coefficient (Wildman–Crippen LogP) is 4.33. The smallest absolute Gasteiger partial charge is 0.265 e. The van der Waals surface area contributed by atoms with Crippen molar-refractivity contribution in [2.45, 2.75) is 19.9 Å². The van der Waals surface area contributed by atoms with Crippen LogP contribution in [0.5, 0.6) is 5.75 Å². The van der Waals surface area contributed by atoms with Crippen LogP contribution in [-0.4, -0.2) is 37.5 Å². The lowest BCUT2D eigenvalue weighted by Gasteiger charge is -2.10. The van der Waals surface area contributed by atoms with Crippen LogP contribution in [0.1, 0.15) is 17.1 Å². The van der Waals surface area contributed by atoms with E-state index >= 15 is 0 Å². The Morgan fingerprint density at radius 3 is 2.47 bits per heavy atom. The highest BCUT2D eigenvalue weighted by molar-refractivity contribution is 6.04. The number of hydrogen-bond acceptors (Lipinski definition) is 7. The van der Waals surface area contributed by atoms with Gasteiger partial charge in [-0.25, -0.2) is 15.0 Å². The van der Waals surface area contributed by atoms with E-state index in [0.29, 0.717) is 57.8 Å². The fourth-order valence-corrected chi connectivity index (χ4v) is 4.30. The third-order valence-corrected chi connectivity index (χ3v) is 6.16. The summed E-state index contributed by atoms with van der Waals surface area (Å²) in [5.74, 6) is 1.95. The van der Waals surface area contributed by atoms with Crippen molar-refractivity contribution in [3.05, 3.63) is 94.4 Å². The molecule has 0 N–H and O–H groups in total. The highest BCUT2D eigenvalue weighted by atomic mass is 16.5. The highest BCUT2D eigenvalue weighted by Gasteiger charge is 2.21. The molecule has 4 heterocycles. The molecule has 0 atom stereocenters. The number of hydrogen-bond donors (Lipinski definition) is 0. The molecule has 2 aromatic carbocycles. The number of aryl methyl sites for hydroxylation is 2. The second-order valence-electron chi connectivity index (χ2n) is 8.37. The van der Waals surface area contributed by atoms with E-state index in [9.17, 15) is 4.79 Å². The van der Waals surface area contributed by atoms with E-state index in [0.717, 1.165) is 11.3 Å². The van der Waals surface area contributed by atoms with Gasteiger partial charge in [0, 0.05) is 6.54 Å². The van der Waals surface area contributed by atoms with Crippen LogP contribution in [0, 0.1) is 6.92 Å². The minimum absolute atomic E-state index is 0.174. The average Bonchev–Trinajstić information content (AvgIpc) is 3.52. The van der Waals surface area contributed by atoms with Crippen molar-refractivity contribution in [2.75, 3.05) is 7.11 Å². The molecule has 0 amide bonds. The number of ether oxygens (including phenoxy) is 1. The molecule has 36 heavy (non-hydrogen) atoms. The van der Waals surface area contributed by atoms with Gasteiger partial charge >= 0.3 is 0 Å². The van der Waals surface area contributed by atoms with Gasteiger partial charge in [0.2, 0.25) is 0 Å². The van der Waals surface area contributed by atoms with Gasteiger partial charge in [-0.1, -0.05) is 24.3 Å². The van der Waals surface area contributed by atoms with Gasteiger partial charge in [-0.05, 0) is 55.3 Å². The lowest BCUT2D eigenvalue weighted by Crippen LogP contribution is -2.25. The summed E-state index contributed by atoms with van der Waals surface area (Å²) in [4.78, 5) is 28.2. The van der Waals surface area contributed by atoms with Crippen molar-refractivity contribution in [3.63, 3.8) is 0 Å².